The van der Waals surface area contributed by atoms with Crippen LogP contribution in [0.1, 0.15) is 56.2 Å². The summed E-state index contributed by atoms with van der Waals surface area (Å²) in [5, 5.41) is 8.78. The third-order valence-electron chi connectivity index (χ3n) is 7.78. The van der Waals surface area contributed by atoms with Gasteiger partial charge in [-0.1, -0.05) is 12.1 Å². The molecule has 0 saturated carbocycles. The lowest BCUT2D eigenvalue weighted by Crippen LogP contribution is -2.46. The summed E-state index contributed by atoms with van der Waals surface area (Å²) in [5.74, 6) is 4.04. The van der Waals surface area contributed by atoms with E-state index in [2.05, 4.69) is 65.1 Å². The molecule has 8 heteroatoms. The first-order valence-electron chi connectivity index (χ1n) is 13.4. The number of piperidine rings is 1. The molecule has 0 radical (unpaired) electrons. The third kappa shape index (κ3) is 5.96. The van der Waals surface area contributed by atoms with Gasteiger partial charge in [0, 0.05) is 82.0 Å². The van der Waals surface area contributed by atoms with Gasteiger partial charge in [0.05, 0.1) is 0 Å². The van der Waals surface area contributed by atoms with Gasteiger partial charge in [0.15, 0.2) is 5.66 Å². The second-order valence-corrected chi connectivity index (χ2v) is 10.4. The van der Waals surface area contributed by atoms with Gasteiger partial charge in [0.25, 0.3) is 0 Å². The van der Waals surface area contributed by atoms with Crippen molar-refractivity contribution in [2.24, 2.45) is 10.2 Å². The lowest BCUT2D eigenvalue weighted by atomic mass is 9.99. The van der Waals surface area contributed by atoms with Crippen LogP contribution in [-0.2, 0) is 6.54 Å². The first-order chi connectivity index (χ1) is 17.5. The number of nitrogens with two attached hydrogens (primary N) is 1. The van der Waals surface area contributed by atoms with Gasteiger partial charge in [-0.05, 0) is 50.3 Å². The highest BCUT2D eigenvalue weighted by Crippen LogP contribution is 2.37. The highest BCUT2D eigenvalue weighted by molar-refractivity contribution is 5.49. The monoisotopic (exact) mass is 486 g/mol. The van der Waals surface area contributed by atoms with Crippen molar-refractivity contribution in [2.45, 2.75) is 70.1 Å². The zero-order valence-electron chi connectivity index (χ0n) is 21.4. The molecule has 8 nitrogen and oxygen atoms in total. The number of aryl methyl sites for hydroxylation is 1. The summed E-state index contributed by atoms with van der Waals surface area (Å²) >= 11 is 0. The van der Waals surface area contributed by atoms with Gasteiger partial charge in [0.1, 0.15) is 5.82 Å². The van der Waals surface area contributed by atoms with Crippen LogP contribution in [0.5, 0.6) is 0 Å². The maximum absolute atomic E-state index is 5.92. The molecular weight excluding hydrogens is 448 g/mol. The molecule has 36 heavy (non-hydrogen) atoms. The Morgan fingerprint density at radius 2 is 1.83 bits per heavy atom. The van der Waals surface area contributed by atoms with Gasteiger partial charge in [-0.2, -0.15) is 15.2 Å². The average molecular weight is 487 g/mol. The van der Waals surface area contributed by atoms with Crippen LogP contribution < -0.4 is 15.5 Å². The molecule has 0 bridgehead atoms. The van der Waals surface area contributed by atoms with Crippen molar-refractivity contribution in [1.82, 2.24) is 14.9 Å². The van der Waals surface area contributed by atoms with Crippen molar-refractivity contribution >= 4 is 17.5 Å². The average Bonchev–Trinajstić information content (AvgIpc) is 3.43. The van der Waals surface area contributed by atoms with E-state index in [4.69, 9.17) is 12.2 Å². The third-order valence-corrected chi connectivity index (χ3v) is 7.78. The van der Waals surface area contributed by atoms with Crippen LogP contribution >= 0.6 is 0 Å². The van der Waals surface area contributed by atoms with Crippen molar-refractivity contribution in [1.29, 1.82) is 0 Å². The number of terminal acetylenes is 1. The van der Waals surface area contributed by atoms with E-state index in [0.717, 1.165) is 69.8 Å². The van der Waals surface area contributed by atoms with Crippen LogP contribution in [0.25, 0.3) is 0 Å². The minimum Gasteiger partial charge on any atom is -0.372 e. The molecule has 2 N–H and O–H groups in total. The van der Waals surface area contributed by atoms with Crippen molar-refractivity contribution in [3.8, 4) is 12.3 Å². The molecule has 3 aliphatic rings. The van der Waals surface area contributed by atoms with E-state index in [1.807, 2.05) is 13.0 Å². The van der Waals surface area contributed by atoms with Crippen molar-refractivity contribution in [3.63, 3.8) is 0 Å². The SMILES string of the molecule is C#CCCC1(CCN(Cc2cccc(N3CCCC3)c2)C2CCN(c3cc(C)nc(N)n3)CC2)N=N1. The molecule has 0 unspecified atom stereocenters. The zero-order chi connectivity index (χ0) is 25.0. The lowest BCUT2D eigenvalue weighted by molar-refractivity contribution is 0.151. The molecular formula is C28H38N8. The summed E-state index contributed by atoms with van der Waals surface area (Å²) in [6.45, 7) is 8.13. The Balaban J connectivity index is 1.27. The first kappa shape index (κ1) is 24.5. The van der Waals surface area contributed by atoms with Gasteiger partial charge in [-0.25, -0.2) is 4.98 Å². The number of rotatable bonds is 10. The Hall–Kier alpha value is -3.18. The Morgan fingerprint density at radius 1 is 1.06 bits per heavy atom. The highest BCUT2D eigenvalue weighted by atomic mass is 15.4. The number of benzene rings is 1. The second kappa shape index (κ2) is 10.8. The molecule has 2 aromatic rings. The minimum absolute atomic E-state index is 0.251. The maximum Gasteiger partial charge on any atom is 0.222 e. The number of anilines is 3. The predicted molar refractivity (Wildman–Crippen MR) is 145 cm³/mol. The highest BCUT2D eigenvalue weighted by Gasteiger charge is 2.40. The molecule has 1 aromatic carbocycles. The van der Waals surface area contributed by atoms with Crippen molar-refractivity contribution in [3.05, 3.63) is 41.6 Å². The fourth-order valence-electron chi connectivity index (χ4n) is 5.64. The van der Waals surface area contributed by atoms with Crippen LogP contribution in [0.15, 0.2) is 40.6 Å². The van der Waals surface area contributed by atoms with E-state index < -0.39 is 0 Å². The molecule has 0 amide bonds. The zero-order valence-corrected chi connectivity index (χ0v) is 21.4. The van der Waals surface area contributed by atoms with E-state index in [-0.39, 0.29) is 5.66 Å². The smallest absolute Gasteiger partial charge is 0.222 e. The number of nitrogens with zero attached hydrogens (tertiary/aromatic N) is 7. The van der Waals surface area contributed by atoms with E-state index in [1.54, 1.807) is 0 Å². The van der Waals surface area contributed by atoms with Gasteiger partial charge in [0.2, 0.25) is 5.95 Å². The fraction of sp³-hybridized carbons (Fsp3) is 0.571. The van der Waals surface area contributed by atoms with Gasteiger partial charge in [-0.15, -0.1) is 12.3 Å². The van der Waals surface area contributed by atoms with Gasteiger partial charge < -0.3 is 15.5 Å². The summed E-state index contributed by atoms with van der Waals surface area (Å²) in [6.07, 6.45) is 12.8. The lowest BCUT2D eigenvalue weighted by Gasteiger charge is -2.39. The van der Waals surface area contributed by atoms with Crippen molar-refractivity contribution < 1.29 is 0 Å². The van der Waals surface area contributed by atoms with Crippen LogP contribution in [0, 0.1) is 19.3 Å². The molecule has 0 aliphatic carbocycles. The Labute approximate surface area is 215 Å². The number of hydrogen-bond donors (Lipinski definition) is 1. The Kier molecular flexibility index (Phi) is 7.38. The number of nitrogen functional groups attached to an aromatic ring is 1. The van der Waals surface area contributed by atoms with E-state index in [1.165, 1.54) is 37.2 Å². The van der Waals surface area contributed by atoms with Gasteiger partial charge in [-0.3, -0.25) is 4.90 Å². The summed E-state index contributed by atoms with van der Waals surface area (Å²) < 4.78 is 0. The molecule has 0 atom stereocenters. The largest absolute Gasteiger partial charge is 0.372 e. The van der Waals surface area contributed by atoms with Crippen LogP contribution in [0.4, 0.5) is 17.5 Å². The molecule has 2 saturated heterocycles. The Bertz CT molecular complexity index is 1080. The molecule has 4 heterocycles. The fourth-order valence-corrected chi connectivity index (χ4v) is 5.64. The van der Waals surface area contributed by atoms with Crippen LogP contribution in [-0.4, -0.2) is 59.3 Å². The van der Waals surface area contributed by atoms with Gasteiger partial charge >= 0.3 is 0 Å². The maximum atomic E-state index is 5.92. The van der Waals surface area contributed by atoms with E-state index >= 15 is 0 Å². The first-order valence-corrected chi connectivity index (χ1v) is 13.4. The van der Waals surface area contributed by atoms with E-state index in [0.29, 0.717) is 12.0 Å². The standard InChI is InChI=1S/C28H38N8/c1-3-4-12-28(32-33-28)13-18-36(21-23-8-7-9-25(20-23)34-14-5-6-15-34)24-10-16-35(17-11-24)26-19-22(2)30-27(29)31-26/h1,7-9,19-20,24H,4-6,10-18,21H2,2H3,(H2,29,30,31). The molecule has 2 fully saturated rings. The second-order valence-electron chi connectivity index (χ2n) is 10.4. The van der Waals surface area contributed by atoms with Crippen LogP contribution in [0.3, 0.4) is 0 Å². The molecule has 0 spiro atoms. The summed E-state index contributed by atoms with van der Waals surface area (Å²) in [5.41, 5.74) is 9.31. The number of aromatic nitrogens is 2. The Morgan fingerprint density at radius 3 is 2.53 bits per heavy atom. The quantitative estimate of drug-likeness (QED) is 0.501. The number of hydrogen-bond acceptors (Lipinski definition) is 8. The summed E-state index contributed by atoms with van der Waals surface area (Å²) in [7, 11) is 0. The molecule has 5 rings (SSSR count). The summed E-state index contributed by atoms with van der Waals surface area (Å²) in [6, 6.07) is 11.7. The molecule has 1 aromatic heterocycles. The molecule has 3 aliphatic heterocycles. The van der Waals surface area contributed by atoms with Crippen molar-refractivity contribution in [2.75, 3.05) is 48.3 Å². The van der Waals surface area contributed by atoms with E-state index in [9.17, 15) is 0 Å². The predicted octanol–water partition coefficient (Wildman–Crippen LogP) is 4.40. The minimum atomic E-state index is -0.251. The topological polar surface area (TPSA) is 86.2 Å². The van der Waals surface area contributed by atoms with Crippen LogP contribution in [0.2, 0.25) is 0 Å². The normalized spacial score (nSPS) is 19.1. The molecule has 190 valence electrons. The summed E-state index contributed by atoms with van der Waals surface area (Å²) in [4.78, 5) is 16.2.